The van der Waals surface area contributed by atoms with Gasteiger partial charge in [-0.25, -0.2) is 9.97 Å². The smallest absolute Gasteiger partial charge is 0.251 e. The lowest BCUT2D eigenvalue weighted by molar-refractivity contribution is 0.397. The van der Waals surface area contributed by atoms with Gasteiger partial charge in [-0.2, -0.15) is 0 Å². The fourth-order valence-electron chi connectivity index (χ4n) is 2.87. The normalized spacial score (nSPS) is 15.3. The third kappa shape index (κ3) is 3.29. The van der Waals surface area contributed by atoms with E-state index in [0.29, 0.717) is 24.0 Å². The second-order valence-corrected chi connectivity index (χ2v) is 5.48. The number of rotatable bonds is 4. The van der Waals surface area contributed by atoms with E-state index in [1.54, 1.807) is 19.4 Å². The molecule has 0 saturated heterocycles. The van der Waals surface area contributed by atoms with Crippen LogP contribution in [0, 0.1) is 0 Å². The number of ether oxygens (including phenoxy) is 1. The van der Waals surface area contributed by atoms with Crippen molar-refractivity contribution in [3.63, 3.8) is 0 Å². The highest BCUT2D eigenvalue weighted by atomic mass is 16.5. The quantitative estimate of drug-likeness (QED) is 0.936. The molecule has 0 unspecified atom stereocenters. The lowest BCUT2D eigenvalue weighted by Crippen LogP contribution is -2.14. The number of aromatic nitrogens is 3. The first-order chi connectivity index (χ1) is 10.2. The van der Waals surface area contributed by atoms with Gasteiger partial charge in [-0.05, 0) is 18.4 Å². The van der Waals surface area contributed by atoms with Crippen molar-refractivity contribution >= 4 is 0 Å². The Morgan fingerprint density at radius 1 is 1.33 bits per heavy atom. The van der Waals surface area contributed by atoms with Crippen LogP contribution in [-0.4, -0.2) is 22.1 Å². The van der Waals surface area contributed by atoms with E-state index in [0.717, 1.165) is 24.1 Å². The van der Waals surface area contributed by atoms with E-state index in [2.05, 4.69) is 15.0 Å². The van der Waals surface area contributed by atoms with Gasteiger partial charge in [0.05, 0.1) is 12.8 Å². The number of nitrogens with one attached hydrogen (secondary N) is 1. The molecule has 0 aromatic carbocycles. The molecule has 0 amide bonds. The van der Waals surface area contributed by atoms with Crippen LogP contribution < -0.4 is 10.3 Å². The van der Waals surface area contributed by atoms with E-state index >= 15 is 0 Å². The fraction of sp³-hybridized carbons (Fsp3) is 0.438. The van der Waals surface area contributed by atoms with Gasteiger partial charge in [-0.1, -0.05) is 18.9 Å². The number of aromatic amines is 1. The monoisotopic (exact) mass is 285 g/mol. The van der Waals surface area contributed by atoms with Crippen LogP contribution in [0.2, 0.25) is 0 Å². The molecule has 3 rings (SSSR count). The second kappa shape index (κ2) is 6.08. The van der Waals surface area contributed by atoms with E-state index in [-0.39, 0.29) is 5.56 Å². The van der Waals surface area contributed by atoms with E-state index in [1.807, 2.05) is 12.1 Å². The summed E-state index contributed by atoms with van der Waals surface area (Å²) in [4.78, 5) is 23.5. The molecule has 1 saturated carbocycles. The van der Waals surface area contributed by atoms with Crippen molar-refractivity contribution in [1.29, 1.82) is 0 Å². The van der Waals surface area contributed by atoms with Crippen molar-refractivity contribution < 1.29 is 4.74 Å². The first kappa shape index (κ1) is 13.8. The summed E-state index contributed by atoms with van der Waals surface area (Å²) >= 11 is 0. The van der Waals surface area contributed by atoms with Gasteiger partial charge in [0, 0.05) is 30.7 Å². The summed E-state index contributed by atoms with van der Waals surface area (Å²) in [6.45, 7) is 0. The third-order valence-electron chi connectivity index (χ3n) is 3.96. The number of hydrogen-bond donors (Lipinski definition) is 1. The molecule has 2 heterocycles. The predicted octanol–water partition coefficient (Wildman–Crippen LogP) is 2.42. The molecule has 1 aliphatic carbocycles. The molecule has 0 bridgehead atoms. The average molecular weight is 285 g/mol. The molecule has 0 aliphatic heterocycles. The second-order valence-electron chi connectivity index (χ2n) is 5.48. The largest absolute Gasteiger partial charge is 0.481 e. The lowest BCUT2D eigenvalue weighted by Gasteiger charge is -2.09. The fourth-order valence-corrected chi connectivity index (χ4v) is 2.87. The molecular weight excluding hydrogens is 266 g/mol. The van der Waals surface area contributed by atoms with E-state index in [9.17, 15) is 4.79 Å². The van der Waals surface area contributed by atoms with Crippen LogP contribution in [0.15, 0.2) is 29.2 Å². The Morgan fingerprint density at radius 2 is 2.14 bits per heavy atom. The maximum atomic E-state index is 11.8. The van der Waals surface area contributed by atoms with Crippen molar-refractivity contribution in [1.82, 2.24) is 15.0 Å². The van der Waals surface area contributed by atoms with Crippen LogP contribution in [0.1, 0.15) is 48.7 Å². The number of pyridine rings is 1. The van der Waals surface area contributed by atoms with Crippen LogP contribution in [0.25, 0.3) is 0 Å². The minimum atomic E-state index is -0.0663. The molecule has 5 heteroatoms. The third-order valence-corrected chi connectivity index (χ3v) is 3.96. The Hall–Kier alpha value is -2.17. The van der Waals surface area contributed by atoms with Crippen LogP contribution in [0.3, 0.4) is 0 Å². The van der Waals surface area contributed by atoms with E-state index in [1.165, 1.54) is 12.8 Å². The standard InChI is InChI=1S/C16H19N3O2/c1-21-16-7-6-11(10-17-16)8-14-18-13(9-15(20)19-14)12-4-2-3-5-12/h6-7,9-10,12H,2-5,8H2,1H3,(H,18,19,20). The Bertz CT molecular complexity index is 658. The van der Waals surface area contributed by atoms with Crippen molar-refractivity contribution in [3.05, 3.63) is 51.8 Å². The highest BCUT2D eigenvalue weighted by Crippen LogP contribution is 2.32. The van der Waals surface area contributed by atoms with Crippen molar-refractivity contribution in [2.45, 2.75) is 38.0 Å². The molecule has 0 spiro atoms. The highest BCUT2D eigenvalue weighted by Gasteiger charge is 2.19. The maximum Gasteiger partial charge on any atom is 0.251 e. The summed E-state index contributed by atoms with van der Waals surface area (Å²) in [5.41, 5.74) is 1.87. The lowest BCUT2D eigenvalue weighted by atomic mass is 10.0. The molecule has 21 heavy (non-hydrogen) atoms. The maximum absolute atomic E-state index is 11.8. The molecule has 1 fully saturated rings. The minimum Gasteiger partial charge on any atom is -0.481 e. The molecule has 2 aromatic rings. The summed E-state index contributed by atoms with van der Waals surface area (Å²) in [6.07, 6.45) is 7.07. The molecule has 0 atom stereocenters. The van der Waals surface area contributed by atoms with Crippen LogP contribution >= 0.6 is 0 Å². The summed E-state index contributed by atoms with van der Waals surface area (Å²) in [5.74, 6) is 1.73. The predicted molar refractivity (Wildman–Crippen MR) is 79.7 cm³/mol. The SMILES string of the molecule is COc1ccc(Cc2nc(C3CCCC3)cc(=O)[nH]2)cn1. The van der Waals surface area contributed by atoms with Gasteiger partial charge in [0.2, 0.25) is 5.88 Å². The van der Waals surface area contributed by atoms with Gasteiger partial charge >= 0.3 is 0 Å². The van der Waals surface area contributed by atoms with Gasteiger partial charge < -0.3 is 9.72 Å². The van der Waals surface area contributed by atoms with Gasteiger partial charge in [-0.3, -0.25) is 4.79 Å². The van der Waals surface area contributed by atoms with Crippen molar-refractivity contribution in [2.24, 2.45) is 0 Å². The Labute approximate surface area is 123 Å². The first-order valence-corrected chi connectivity index (χ1v) is 7.33. The minimum absolute atomic E-state index is 0.0663. The zero-order valence-corrected chi connectivity index (χ0v) is 12.1. The summed E-state index contributed by atoms with van der Waals surface area (Å²) in [6, 6.07) is 5.40. The van der Waals surface area contributed by atoms with Crippen molar-refractivity contribution in [2.75, 3.05) is 7.11 Å². The van der Waals surface area contributed by atoms with Crippen LogP contribution in [0.5, 0.6) is 5.88 Å². The van der Waals surface area contributed by atoms with Gasteiger partial charge in [0.1, 0.15) is 5.82 Å². The number of nitrogens with zero attached hydrogens (tertiary/aromatic N) is 2. The topological polar surface area (TPSA) is 67.9 Å². The zero-order valence-electron chi connectivity index (χ0n) is 12.1. The van der Waals surface area contributed by atoms with Gasteiger partial charge in [0.15, 0.2) is 0 Å². The molecule has 0 radical (unpaired) electrons. The molecule has 110 valence electrons. The summed E-state index contributed by atoms with van der Waals surface area (Å²) in [7, 11) is 1.59. The molecule has 1 aliphatic rings. The van der Waals surface area contributed by atoms with Crippen molar-refractivity contribution in [3.8, 4) is 5.88 Å². The van der Waals surface area contributed by atoms with E-state index < -0.39 is 0 Å². The van der Waals surface area contributed by atoms with Gasteiger partial charge in [0.25, 0.3) is 5.56 Å². The molecule has 5 nitrogen and oxygen atoms in total. The molecular formula is C16H19N3O2. The summed E-state index contributed by atoms with van der Waals surface area (Å²) < 4.78 is 5.04. The van der Waals surface area contributed by atoms with Crippen LogP contribution in [-0.2, 0) is 6.42 Å². The Morgan fingerprint density at radius 3 is 2.81 bits per heavy atom. The van der Waals surface area contributed by atoms with Gasteiger partial charge in [-0.15, -0.1) is 0 Å². The van der Waals surface area contributed by atoms with Crippen LogP contribution in [0.4, 0.5) is 0 Å². The number of methoxy groups -OCH3 is 1. The molecule has 1 N–H and O–H groups in total. The number of hydrogen-bond acceptors (Lipinski definition) is 4. The van der Waals surface area contributed by atoms with E-state index in [4.69, 9.17) is 4.74 Å². The number of H-pyrrole nitrogens is 1. The Balaban J connectivity index is 1.82. The average Bonchev–Trinajstić information content (AvgIpc) is 3.02. The molecule has 2 aromatic heterocycles. The first-order valence-electron chi connectivity index (χ1n) is 7.33. The Kier molecular flexibility index (Phi) is 3.99. The zero-order chi connectivity index (χ0) is 14.7. The highest BCUT2D eigenvalue weighted by molar-refractivity contribution is 5.21. The summed E-state index contributed by atoms with van der Waals surface area (Å²) in [5, 5.41) is 0.